The normalized spacial score (nSPS) is 28.4. The molecule has 0 radical (unpaired) electrons. The lowest BCUT2D eigenvalue weighted by molar-refractivity contribution is 0.0860. The maximum atomic E-state index is 3.90. The van der Waals surface area contributed by atoms with E-state index in [4.69, 9.17) is 0 Å². The standard InChI is InChI=1S/C19H38N2/c1-4-14-20-18-12-6-5-7-13-19(18)21(15-16(2)3)17-10-8-9-11-17/h16-20H,4-15H2,1-3H3. The molecule has 0 aromatic rings. The van der Waals surface area contributed by atoms with E-state index in [0.717, 1.165) is 24.0 Å². The van der Waals surface area contributed by atoms with Gasteiger partial charge in [-0.15, -0.1) is 0 Å². The summed E-state index contributed by atoms with van der Waals surface area (Å²) in [7, 11) is 0. The zero-order chi connectivity index (χ0) is 15.1. The molecule has 0 bridgehead atoms. The first-order chi connectivity index (χ1) is 10.2. The van der Waals surface area contributed by atoms with Crippen molar-refractivity contribution in [1.29, 1.82) is 0 Å². The van der Waals surface area contributed by atoms with E-state index in [2.05, 4.69) is 31.0 Å². The van der Waals surface area contributed by atoms with Crippen LogP contribution in [-0.2, 0) is 0 Å². The molecule has 2 fully saturated rings. The number of nitrogens with one attached hydrogen (secondary N) is 1. The van der Waals surface area contributed by atoms with E-state index in [1.807, 2.05) is 0 Å². The molecule has 2 rings (SSSR count). The second-order valence-electron chi connectivity index (χ2n) is 7.79. The van der Waals surface area contributed by atoms with Crippen molar-refractivity contribution < 1.29 is 0 Å². The van der Waals surface area contributed by atoms with Gasteiger partial charge in [0.05, 0.1) is 0 Å². The van der Waals surface area contributed by atoms with Crippen molar-refractivity contribution >= 4 is 0 Å². The van der Waals surface area contributed by atoms with Gasteiger partial charge in [0, 0.05) is 24.7 Å². The molecule has 1 N–H and O–H groups in total. The summed E-state index contributed by atoms with van der Waals surface area (Å²) in [6.45, 7) is 9.59. The lowest BCUT2D eigenvalue weighted by Crippen LogP contribution is -2.54. The number of rotatable bonds is 7. The molecule has 0 spiro atoms. The molecule has 0 saturated heterocycles. The predicted octanol–water partition coefficient (Wildman–Crippen LogP) is 4.59. The summed E-state index contributed by atoms with van der Waals surface area (Å²) < 4.78 is 0. The van der Waals surface area contributed by atoms with Gasteiger partial charge in [-0.05, 0) is 44.6 Å². The van der Waals surface area contributed by atoms with Gasteiger partial charge in [-0.1, -0.05) is 52.9 Å². The third-order valence-corrected chi connectivity index (χ3v) is 5.43. The third kappa shape index (κ3) is 5.25. The first kappa shape index (κ1) is 17.3. The van der Waals surface area contributed by atoms with Crippen LogP contribution in [0.15, 0.2) is 0 Å². The molecule has 2 nitrogen and oxygen atoms in total. The van der Waals surface area contributed by atoms with E-state index in [1.54, 1.807) is 0 Å². The minimum atomic E-state index is 0.742. The monoisotopic (exact) mass is 294 g/mol. The van der Waals surface area contributed by atoms with Crippen LogP contribution < -0.4 is 5.32 Å². The minimum Gasteiger partial charge on any atom is -0.312 e. The first-order valence-electron chi connectivity index (χ1n) is 9.71. The van der Waals surface area contributed by atoms with Crippen LogP contribution in [0, 0.1) is 5.92 Å². The largest absolute Gasteiger partial charge is 0.312 e. The fourth-order valence-corrected chi connectivity index (χ4v) is 4.47. The fraction of sp³-hybridized carbons (Fsp3) is 1.00. The zero-order valence-electron chi connectivity index (χ0n) is 14.7. The minimum absolute atomic E-state index is 0.742. The van der Waals surface area contributed by atoms with Gasteiger partial charge >= 0.3 is 0 Å². The molecule has 0 heterocycles. The van der Waals surface area contributed by atoms with Gasteiger partial charge in [0.1, 0.15) is 0 Å². The summed E-state index contributed by atoms with van der Waals surface area (Å²) in [5.74, 6) is 0.792. The summed E-state index contributed by atoms with van der Waals surface area (Å²) >= 11 is 0. The number of hydrogen-bond donors (Lipinski definition) is 1. The summed E-state index contributed by atoms with van der Waals surface area (Å²) in [6, 6.07) is 2.41. The smallest absolute Gasteiger partial charge is 0.0252 e. The molecule has 2 saturated carbocycles. The molecule has 0 aliphatic heterocycles. The third-order valence-electron chi connectivity index (χ3n) is 5.43. The number of hydrogen-bond acceptors (Lipinski definition) is 2. The molecular formula is C19H38N2. The quantitative estimate of drug-likeness (QED) is 0.691. The molecule has 2 atom stereocenters. The molecule has 0 aromatic carbocycles. The highest BCUT2D eigenvalue weighted by Crippen LogP contribution is 2.31. The molecule has 0 aromatic heterocycles. The maximum absolute atomic E-state index is 3.90. The lowest BCUT2D eigenvalue weighted by Gasteiger charge is -2.41. The molecule has 21 heavy (non-hydrogen) atoms. The Labute approximate surface area is 133 Å². The van der Waals surface area contributed by atoms with Gasteiger partial charge in [-0.3, -0.25) is 4.90 Å². The summed E-state index contributed by atoms with van der Waals surface area (Å²) in [4.78, 5) is 2.94. The van der Waals surface area contributed by atoms with Gasteiger partial charge < -0.3 is 5.32 Å². The van der Waals surface area contributed by atoms with E-state index in [-0.39, 0.29) is 0 Å². The average molecular weight is 295 g/mol. The zero-order valence-corrected chi connectivity index (χ0v) is 14.7. The van der Waals surface area contributed by atoms with Crippen molar-refractivity contribution in [3.8, 4) is 0 Å². The Morgan fingerprint density at radius 3 is 2.29 bits per heavy atom. The summed E-state index contributed by atoms with van der Waals surface area (Å²) in [5.41, 5.74) is 0. The SMILES string of the molecule is CCCNC1CCCCCC1N(CC(C)C)C1CCCC1. The van der Waals surface area contributed by atoms with Crippen molar-refractivity contribution in [3.63, 3.8) is 0 Å². The molecule has 2 heteroatoms. The average Bonchev–Trinajstić information content (AvgIpc) is 2.89. The van der Waals surface area contributed by atoms with Gasteiger partial charge in [-0.25, -0.2) is 0 Å². The van der Waals surface area contributed by atoms with Gasteiger partial charge in [-0.2, -0.15) is 0 Å². The summed E-state index contributed by atoms with van der Waals surface area (Å²) in [6.07, 6.45) is 14.2. The Kier molecular flexibility index (Phi) is 7.53. The highest BCUT2D eigenvalue weighted by Gasteiger charge is 2.34. The van der Waals surface area contributed by atoms with Gasteiger partial charge in [0.25, 0.3) is 0 Å². The van der Waals surface area contributed by atoms with Crippen molar-refractivity contribution in [1.82, 2.24) is 10.2 Å². The van der Waals surface area contributed by atoms with Crippen LogP contribution >= 0.6 is 0 Å². The van der Waals surface area contributed by atoms with Gasteiger partial charge in [0.2, 0.25) is 0 Å². The Hall–Kier alpha value is -0.0800. The van der Waals surface area contributed by atoms with Crippen LogP contribution in [-0.4, -0.2) is 36.1 Å². The molecule has 2 aliphatic carbocycles. The Morgan fingerprint density at radius 1 is 0.952 bits per heavy atom. The Balaban J connectivity index is 2.07. The maximum Gasteiger partial charge on any atom is 0.0252 e. The predicted molar refractivity (Wildman–Crippen MR) is 92.8 cm³/mol. The molecule has 2 unspecified atom stereocenters. The van der Waals surface area contributed by atoms with E-state index in [9.17, 15) is 0 Å². The van der Waals surface area contributed by atoms with Crippen molar-refractivity contribution in [3.05, 3.63) is 0 Å². The molecule has 124 valence electrons. The van der Waals surface area contributed by atoms with Crippen molar-refractivity contribution in [2.45, 2.75) is 103 Å². The van der Waals surface area contributed by atoms with Crippen LogP contribution in [0.4, 0.5) is 0 Å². The fourth-order valence-electron chi connectivity index (χ4n) is 4.47. The molecule has 2 aliphatic rings. The van der Waals surface area contributed by atoms with Crippen LogP contribution in [0.5, 0.6) is 0 Å². The highest BCUT2D eigenvalue weighted by molar-refractivity contribution is 4.91. The Morgan fingerprint density at radius 2 is 1.62 bits per heavy atom. The lowest BCUT2D eigenvalue weighted by atomic mass is 9.97. The van der Waals surface area contributed by atoms with Gasteiger partial charge in [0.15, 0.2) is 0 Å². The van der Waals surface area contributed by atoms with Crippen molar-refractivity contribution in [2.24, 2.45) is 5.92 Å². The second kappa shape index (κ2) is 9.15. The first-order valence-corrected chi connectivity index (χ1v) is 9.71. The molecule has 0 amide bonds. The van der Waals surface area contributed by atoms with Crippen LogP contribution in [0.2, 0.25) is 0 Å². The van der Waals surface area contributed by atoms with Crippen LogP contribution in [0.25, 0.3) is 0 Å². The number of nitrogens with zero attached hydrogens (tertiary/aromatic N) is 1. The van der Waals surface area contributed by atoms with Crippen molar-refractivity contribution in [2.75, 3.05) is 13.1 Å². The highest BCUT2D eigenvalue weighted by atomic mass is 15.2. The topological polar surface area (TPSA) is 15.3 Å². The van der Waals surface area contributed by atoms with E-state index in [1.165, 1.54) is 77.3 Å². The molecular weight excluding hydrogens is 256 g/mol. The van der Waals surface area contributed by atoms with Crippen LogP contribution in [0.1, 0.15) is 85.0 Å². The van der Waals surface area contributed by atoms with E-state index < -0.39 is 0 Å². The summed E-state index contributed by atoms with van der Waals surface area (Å²) in [5, 5.41) is 3.90. The van der Waals surface area contributed by atoms with E-state index >= 15 is 0 Å². The second-order valence-corrected chi connectivity index (χ2v) is 7.79. The van der Waals surface area contributed by atoms with E-state index in [0.29, 0.717) is 0 Å². The Bertz CT molecular complexity index is 271. The van der Waals surface area contributed by atoms with Crippen LogP contribution in [0.3, 0.4) is 0 Å².